The molecule has 0 spiro atoms. The van der Waals surface area contributed by atoms with Crippen LogP contribution in [0.15, 0.2) is 0 Å². The minimum absolute atomic E-state index is 0.0633. The molecule has 18 heavy (non-hydrogen) atoms. The average molecular weight is 256 g/mol. The molecule has 3 nitrogen and oxygen atoms in total. The fourth-order valence-corrected chi connectivity index (χ4v) is 2.46. The Morgan fingerprint density at radius 3 is 2.67 bits per heavy atom. The van der Waals surface area contributed by atoms with Crippen LogP contribution in [0.25, 0.3) is 0 Å². The predicted molar refractivity (Wildman–Crippen MR) is 78.1 cm³/mol. The highest BCUT2D eigenvalue weighted by Crippen LogP contribution is 2.23. The fraction of sp³-hybridized carbons (Fsp3) is 1.00. The zero-order valence-corrected chi connectivity index (χ0v) is 13.0. The Morgan fingerprint density at radius 1 is 1.33 bits per heavy atom. The fourth-order valence-electron chi connectivity index (χ4n) is 2.46. The monoisotopic (exact) mass is 256 g/mol. The summed E-state index contributed by atoms with van der Waals surface area (Å²) >= 11 is 0. The first-order chi connectivity index (χ1) is 8.41. The molecule has 1 atom stereocenters. The van der Waals surface area contributed by atoms with Gasteiger partial charge in [0.15, 0.2) is 0 Å². The van der Waals surface area contributed by atoms with Crippen LogP contribution >= 0.6 is 0 Å². The van der Waals surface area contributed by atoms with Crippen molar-refractivity contribution in [3.05, 3.63) is 0 Å². The van der Waals surface area contributed by atoms with Crippen molar-refractivity contribution < 1.29 is 4.74 Å². The summed E-state index contributed by atoms with van der Waals surface area (Å²) in [4.78, 5) is 2.41. The van der Waals surface area contributed by atoms with Gasteiger partial charge in [0.25, 0.3) is 0 Å². The molecule has 1 heterocycles. The summed E-state index contributed by atoms with van der Waals surface area (Å²) in [5, 5.41) is 3.68. The lowest BCUT2D eigenvalue weighted by atomic mass is 9.94. The summed E-state index contributed by atoms with van der Waals surface area (Å²) in [6.07, 6.45) is 4.86. The number of rotatable bonds is 7. The maximum atomic E-state index is 5.73. The highest BCUT2D eigenvalue weighted by atomic mass is 16.5. The molecular weight excluding hydrogens is 224 g/mol. The normalized spacial score (nSPS) is 23.8. The Kier molecular flexibility index (Phi) is 6.61. The van der Waals surface area contributed by atoms with E-state index in [-0.39, 0.29) is 5.60 Å². The van der Waals surface area contributed by atoms with Crippen molar-refractivity contribution in [3.8, 4) is 0 Å². The molecule has 0 aromatic rings. The second-order valence-corrected chi connectivity index (χ2v) is 6.53. The molecule has 0 radical (unpaired) electrons. The first-order valence-electron chi connectivity index (χ1n) is 7.48. The van der Waals surface area contributed by atoms with Crippen LogP contribution in [0.3, 0.4) is 0 Å². The highest BCUT2D eigenvalue weighted by molar-refractivity contribution is 4.82. The van der Waals surface area contributed by atoms with E-state index >= 15 is 0 Å². The van der Waals surface area contributed by atoms with Crippen LogP contribution in [0.4, 0.5) is 0 Å². The van der Waals surface area contributed by atoms with Crippen LogP contribution in [0.5, 0.6) is 0 Å². The molecule has 0 bridgehead atoms. The third-order valence-corrected chi connectivity index (χ3v) is 3.95. The van der Waals surface area contributed by atoms with E-state index in [1.54, 1.807) is 0 Å². The lowest BCUT2D eigenvalue weighted by Gasteiger charge is -2.36. The molecule has 0 aromatic heterocycles. The largest absolute Gasteiger partial charge is 0.375 e. The SMILES string of the molecule is CC(C)N(C)CCCCNC1CCOC(C)(C)C1. The number of ether oxygens (including phenoxy) is 1. The first kappa shape index (κ1) is 15.9. The Bertz CT molecular complexity index is 229. The average Bonchev–Trinajstić information content (AvgIpc) is 2.26. The molecular formula is C15H32N2O. The summed E-state index contributed by atoms with van der Waals surface area (Å²) in [5.41, 5.74) is 0.0633. The maximum absolute atomic E-state index is 5.73. The van der Waals surface area contributed by atoms with E-state index in [9.17, 15) is 0 Å². The molecule has 1 N–H and O–H groups in total. The van der Waals surface area contributed by atoms with Crippen molar-refractivity contribution >= 4 is 0 Å². The van der Waals surface area contributed by atoms with E-state index in [2.05, 4.69) is 45.0 Å². The standard InChI is InChI=1S/C15H32N2O/c1-13(2)17(5)10-7-6-9-16-14-8-11-18-15(3,4)12-14/h13-14,16H,6-12H2,1-5H3. The van der Waals surface area contributed by atoms with Gasteiger partial charge in [0.1, 0.15) is 0 Å². The van der Waals surface area contributed by atoms with Crippen molar-refractivity contribution in [3.63, 3.8) is 0 Å². The van der Waals surface area contributed by atoms with Gasteiger partial charge in [0, 0.05) is 18.7 Å². The molecule has 0 amide bonds. The van der Waals surface area contributed by atoms with Gasteiger partial charge in [0.2, 0.25) is 0 Å². The van der Waals surface area contributed by atoms with Crippen LogP contribution in [-0.4, -0.2) is 49.3 Å². The second-order valence-electron chi connectivity index (χ2n) is 6.53. The van der Waals surface area contributed by atoms with Gasteiger partial charge < -0.3 is 15.0 Å². The molecule has 0 aromatic carbocycles. The molecule has 1 aliphatic rings. The number of nitrogens with one attached hydrogen (secondary N) is 1. The number of unbranched alkanes of at least 4 members (excludes halogenated alkanes) is 1. The van der Waals surface area contributed by atoms with Crippen molar-refractivity contribution in [2.75, 3.05) is 26.7 Å². The van der Waals surface area contributed by atoms with Crippen LogP contribution < -0.4 is 5.32 Å². The molecule has 0 aliphatic carbocycles. The number of nitrogens with zero attached hydrogens (tertiary/aromatic N) is 1. The van der Waals surface area contributed by atoms with E-state index < -0.39 is 0 Å². The van der Waals surface area contributed by atoms with Crippen LogP contribution in [-0.2, 0) is 4.74 Å². The van der Waals surface area contributed by atoms with Crippen molar-refractivity contribution in [1.29, 1.82) is 0 Å². The molecule has 1 rings (SSSR count). The lowest BCUT2D eigenvalue weighted by Crippen LogP contribution is -2.44. The molecule has 1 fully saturated rings. The summed E-state index contributed by atoms with van der Waals surface area (Å²) < 4.78 is 5.73. The van der Waals surface area contributed by atoms with Gasteiger partial charge in [0.05, 0.1) is 5.60 Å². The summed E-state index contributed by atoms with van der Waals surface area (Å²) in [5.74, 6) is 0. The second kappa shape index (κ2) is 7.46. The summed E-state index contributed by atoms with van der Waals surface area (Å²) in [6, 6.07) is 1.31. The smallest absolute Gasteiger partial charge is 0.0641 e. The molecule has 108 valence electrons. The number of hydrogen-bond acceptors (Lipinski definition) is 3. The zero-order chi connectivity index (χ0) is 13.6. The topological polar surface area (TPSA) is 24.5 Å². The van der Waals surface area contributed by atoms with E-state index in [4.69, 9.17) is 4.74 Å². The van der Waals surface area contributed by atoms with E-state index in [0.717, 1.165) is 26.0 Å². The number of hydrogen-bond donors (Lipinski definition) is 1. The van der Waals surface area contributed by atoms with Gasteiger partial charge in [-0.1, -0.05) is 0 Å². The van der Waals surface area contributed by atoms with E-state index in [1.165, 1.54) is 19.4 Å². The highest BCUT2D eigenvalue weighted by Gasteiger charge is 2.28. The third-order valence-electron chi connectivity index (χ3n) is 3.95. The van der Waals surface area contributed by atoms with E-state index in [1.807, 2.05) is 0 Å². The summed E-state index contributed by atoms with van der Waals surface area (Å²) in [6.45, 7) is 12.1. The van der Waals surface area contributed by atoms with E-state index in [0.29, 0.717) is 12.1 Å². The van der Waals surface area contributed by atoms with Gasteiger partial charge in [-0.25, -0.2) is 0 Å². The minimum atomic E-state index is 0.0633. The van der Waals surface area contributed by atoms with Crippen molar-refractivity contribution in [2.45, 2.75) is 71.1 Å². The lowest BCUT2D eigenvalue weighted by molar-refractivity contribution is -0.0628. The molecule has 3 heteroatoms. The molecule has 0 saturated carbocycles. The molecule has 1 saturated heterocycles. The Hall–Kier alpha value is -0.120. The van der Waals surface area contributed by atoms with Crippen LogP contribution in [0, 0.1) is 0 Å². The van der Waals surface area contributed by atoms with Gasteiger partial charge >= 0.3 is 0 Å². The minimum Gasteiger partial charge on any atom is -0.375 e. The Balaban J connectivity index is 2.04. The molecule has 1 unspecified atom stereocenters. The third kappa shape index (κ3) is 6.17. The first-order valence-corrected chi connectivity index (χ1v) is 7.48. The Morgan fingerprint density at radius 2 is 2.06 bits per heavy atom. The van der Waals surface area contributed by atoms with Gasteiger partial charge in [-0.05, 0) is 73.5 Å². The summed E-state index contributed by atoms with van der Waals surface area (Å²) in [7, 11) is 2.21. The Labute approximate surface area is 113 Å². The zero-order valence-electron chi connectivity index (χ0n) is 13.0. The van der Waals surface area contributed by atoms with Crippen LogP contribution in [0.2, 0.25) is 0 Å². The molecule has 1 aliphatic heterocycles. The van der Waals surface area contributed by atoms with Gasteiger partial charge in [-0.3, -0.25) is 0 Å². The predicted octanol–water partition coefficient (Wildman–Crippen LogP) is 2.65. The van der Waals surface area contributed by atoms with Crippen molar-refractivity contribution in [2.24, 2.45) is 0 Å². The quantitative estimate of drug-likeness (QED) is 0.709. The maximum Gasteiger partial charge on any atom is 0.0641 e. The van der Waals surface area contributed by atoms with Crippen LogP contribution in [0.1, 0.15) is 53.4 Å². The van der Waals surface area contributed by atoms with Crippen molar-refractivity contribution in [1.82, 2.24) is 10.2 Å². The van der Waals surface area contributed by atoms with Gasteiger partial charge in [-0.2, -0.15) is 0 Å². The van der Waals surface area contributed by atoms with Gasteiger partial charge in [-0.15, -0.1) is 0 Å².